The van der Waals surface area contributed by atoms with Gasteiger partial charge in [-0.3, -0.25) is 4.79 Å². The lowest BCUT2D eigenvalue weighted by Gasteiger charge is -2.13. The highest BCUT2D eigenvalue weighted by atomic mass is 79.9. The van der Waals surface area contributed by atoms with Gasteiger partial charge in [0.2, 0.25) is 0 Å². The number of halogens is 3. The number of carbonyl (C=O) groups excluding carboxylic acids is 1. The normalized spacial score (nSPS) is 16.3. The summed E-state index contributed by atoms with van der Waals surface area (Å²) in [6, 6.07) is 5.83. The number of rotatable bonds is 6. The highest BCUT2D eigenvalue weighted by Gasteiger charge is 2.17. The molecular weight excluding hydrogens is 344 g/mol. The molecule has 1 amide bonds. The number of hydrogen-bond acceptors (Lipinski definition) is 2. The molecule has 0 fully saturated rings. The fourth-order valence-electron chi connectivity index (χ4n) is 2.32. The van der Waals surface area contributed by atoms with E-state index in [1.807, 2.05) is 18.2 Å². The summed E-state index contributed by atoms with van der Waals surface area (Å²) in [7, 11) is 0. The van der Waals surface area contributed by atoms with Crippen LogP contribution in [0.25, 0.3) is 0 Å². The van der Waals surface area contributed by atoms with Crippen molar-refractivity contribution < 1.29 is 18.3 Å². The van der Waals surface area contributed by atoms with E-state index in [0.717, 1.165) is 24.0 Å². The lowest BCUT2D eigenvalue weighted by molar-refractivity contribution is 0.0167. The van der Waals surface area contributed by atoms with Crippen molar-refractivity contribution in [2.75, 3.05) is 19.8 Å². The maximum atomic E-state index is 12.0. The van der Waals surface area contributed by atoms with Crippen LogP contribution in [0.1, 0.15) is 39.2 Å². The van der Waals surface area contributed by atoms with Crippen LogP contribution in [-0.4, -0.2) is 32.1 Å². The van der Waals surface area contributed by atoms with Crippen molar-refractivity contribution in [3.8, 4) is 0 Å². The molecule has 2 rings (SSSR count). The summed E-state index contributed by atoms with van der Waals surface area (Å²) >= 11 is 3.52. The lowest BCUT2D eigenvalue weighted by atomic mass is 9.99. The Labute approximate surface area is 131 Å². The number of amides is 1. The summed E-state index contributed by atoms with van der Waals surface area (Å²) in [5, 5.41) is 2.87. The third-order valence-corrected chi connectivity index (χ3v) is 4.39. The number of carbonyl (C=O) groups is 1. The van der Waals surface area contributed by atoms with Gasteiger partial charge in [0.15, 0.2) is 0 Å². The Hall–Kier alpha value is -1.01. The van der Waals surface area contributed by atoms with E-state index in [0.29, 0.717) is 18.5 Å². The highest BCUT2D eigenvalue weighted by Crippen LogP contribution is 2.29. The fraction of sp³-hybridized carbons (Fsp3) is 0.533. The summed E-state index contributed by atoms with van der Waals surface area (Å²) in [6.45, 7) is 0.415. The maximum absolute atomic E-state index is 12.0. The monoisotopic (exact) mass is 361 g/mol. The van der Waals surface area contributed by atoms with E-state index in [1.54, 1.807) is 0 Å². The van der Waals surface area contributed by atoms with Gasteiger partial charge in [0.05, 0.1) is 0 Å². The van der Waals surface area contributed by atoms with Gasteiger partial charge in [0.25, 0.3) is 12.3 Å². The van der Waals surface area contributed by atoms with Crippen molar-refractivity contribution in [2.45, 2.75) is 30.5 Å². The summed E-state index contributed by atoms with van der Waals surface area (Å²) in [5.74, 6) is -0.0435. The van der Waals surface area contributed by atoms with Crippen LogP contribution in [0, 0.1) is 0 Å². The van der Waals surface area contributed by atoms with Crippen LogP contribution in [0.5, 0.6) is 0 Å². The molecule has 6 heteroatoms. The van der Waals surface area contributed by atoms with Crippen LogP contribution < -0.4 is 5.32 Å². The molecule has 0 spiro atoms. The van der Waals surface area contributed by atoms with Crippen LogP contribution in [0.3, 0.4) is 0 Å². The Morgan fingerprint density at radius 3 is 2.95 bits per heavy atom. The summed E-state index contributed by atoms with van der Waals surface area (Å²) in [4.78, 5) is 12.0. The van der Waals surface area contributed by atoms with Gasteiger partial charge in [-0.2, -0.15) is 0 Å². The van der Waals surface area contributed by atoms with Crippen LogP contribution in [-0.2, 0) is 11.2 Å². The molecule has 0 saturated heterocycles. The molecule has 1 heterocycles. The van der Waals surface area contributed by atoms with Crippen molar-refractivity contribution in [2.24, 2.45) is 0 Å². The minimum atomic E-state index is -2.44. The smallest absolute Gasteiger partial charge is 0.261 e. The standard InChI is InChI=1S/C15H18BrF2NO2/c16-13(5-7-21-9-14(17)18)11-4-3-10-2-1-6-19-15(20)12(10)8-11/h3-4,8,13-14H,1-2,5-7,9H2,(H,19,20). The van der Waals surface area contributed by atoms with Gasteiger partial charge in [0, 0.05) is 23.5 Å². The molecule has 1 N–H and O–H groups in total. The molecule has 3 nitrogen and oxygen atoms in total. The number of ether oxygens (including phenoxy) is 1. The van der Waals surface area contributed by atoms with Crippen molar-refractivity contribution in [3.05, 3.63) is 34.9 Å². The minimum Gasteiger partial charge on any atom is -0.375 e. The van der Waals surface area contributed by atoms with Crippen LogP contribution in [0.4, 0.5) is 8.78 Å². The molecule has 1 aromatic rings. The van der Waals surface area contributed by atoms with Gasteiger partial charge >= 0.3 is 0 Å². The molecule has 1 unspecified atom stereocenters. The minimum absolute atomic E-state index is 0.0171. The Morgan fingerprint density at radius 1 is 1.38 bits per heavy atom. The van der Waals surface area contributed by atoms with Crippen molar-refractivity contribution in [1.82, 2.24) is 5.32 Å². The molecule has 0 aromatic heterocycles. The molecule has 1 aliphatic rings. The van der Waals surface area contributed by atoms with E-state index in [-0.39, 0.29) is 17.3 Å². The SMILES string of the molecule is O=C1NCCCc2ccc(C(Br)CCOCC(F)F)cc21. The molecule has 1 atom stereocenters. The van der Waals surface area contributed by atoms with Crippen molar-refractivity contribution in [3.63, 3.8) is 0 Å². The van der Waals surface area contributed by atoms with E-state index in [9.17, 15) is 13.6 Å². The Bertz CT molecular complexity index is 497. The molecule has 0 aliphatic carbocycles. The zero-order valence-corrected chi connectivity index (χ0v) is 13.2. The summed E-state index contributed by atoms with van der Waals surface area (Å²) in [6.07, 6.45) is -0.0292. The number of fused-ring (bicyclic) bond motifs is 1. The highest BCUT2D eigenvalue weighted by molar-refractivity contribution is 9.09. The molecule has 0 bridgehead atoms. The first-order valence-corrected chi connectivity index (χ1v) is 7.90. The van der Waals surface area contributed by atoms with E-state index in [4.69, 9.17) is 4.74 Å². The number of aryl methyl sites for hydroxylation is 1. The second-order valence-electron chi connectivity index (χ2n) is 5.00. The van der Waals surface area contributed by atoms with Gasteiger partial charge in [-0.05, 0) is 36.5 Å². The van der Waals surface area contributed by atoms with Crippen LogP contribution in [0.15, 0.2) is 18.2 Å². The molecule has 1 aliphatic heterocycles. The molecule has 116 valence electrons. The Kier molecular flexibility index (Phi) is 6.11. The van der Waals surface area contributed by atoms with Crippen molar-refractivity contribution in [1.29, 1.82) is 0 Å². The fourth-order valence-corrected chi connectivity index (χ4v) is 2.79. The number of alkyl halides is 3. The predicted octanol–water partition coefficient (Wildman–Crippen LogP) is 3.47. The number of nitrogens with one attached hydrogen (secondary N) is 1. The topological polar surface area (TPSA) is 38.3 Å². The van der Waals surface area contributed by atoms with Crippen LogP contribution in [0.2, 0.25) is 0 Å². The molecule has 1 aromatic carbocycles. The van der Waals surface area contributed by atoms with Gasteiger partial charge in [-0.15, -0.1) is 0 Å². The van der Waals surface area contributed by atoms with Gasteiger partial charge < -0.3 is 10.1 Å². The maximum Gasteiger partial charge on any atom is 0.261 e. The zero-order valence-electron chi connectivity index (χ0n) is 11.6. The van der Waals surface area contributed by atoms with Gasteiger partial charge in [0.1, 0.15) is 6.61 Å². The molecule has 21 heavy (non-hydrogen) atoms. The second-order valence-corrected chi connectivity index (χ2v) is 6.10. The average molecular weight is 362 g/mol. The molecule has 0 saturated carbocycles. The van der Waals surface area contributed by atoms with E-state index < -0.39 is 13.0 Å². The average Bonchev–Trinajstić information content (AvgIpc) is 2.65. The number of benzene rings is 1. The third kappa shape index (κ3) is 4.74. The third-order valence-electron chi connectivity index (χ3n) is 3.41. The first-order chi connectivity index (χ1) is 10.1. The predicted molar refractivity (Wildman–Crippen MR) is 80.2 cm³/mol. The van der Waals surface area contributed by atoms with Gasteiger partial charge in [-0.25, -0.2) is 8.78 Å². The zero-order chi connectivity index (χ0) is 15.2. The first-order valence-electron chi connectivity index (χ1n) is 6.99. The molecule has 0 radical (unpaired) electrons. The Balaban J connectivity index is 1.98. The second kappa shape index (κ2) is 7.84. The van der Waals surface area contributed by atoms with E-state index >= 15 is 0 Å². The van der Waals surface area contributed by atoms with Crippen LogP contribution >= 0.6 is 15.9 Å². The summed E-state index contributed by atoms with van der Waals surface area (Å²) < 4.78 is 28.8. The van der Waals surface area contributed by atoms with Gasteiger partial charge in [-0.1, -0.05) is 28.1 Å². The van der Waals surface area contributed by atoms with E-state index in [2.05, 4.69) is 21.2 Å². The quantitative estimate of drug-likeness (QED) is 0.622. The molecular formula is C15H18BrF2NO2. The lowest BCUT2D eigenvalue weighted by Crippen LogP contribution is -2.22. The van der Waals surface area contributed by atoms with Crippen molar-refractivity contribution >= 4 is 21.8 Å². The first kappa shape index (κ1) is 16.4. The summed E-state index contributed by atoms with van der Waals surface area (Å²) in [5.41, 5.74) is 2.73. The Morgan fingerprint density at radius 2 is 2.19 bits per heavy atom. The number of hydrogen-bond donors (Lipinski definition) is 1. The van der Waals surface area contributed by atoms with E-state index in [1.165, 1.54) is 0 Å². The largest absolute Gasteiger partial charge is 0.375 e.